The molecule has 0 fully saturated rings. The number of phenols is 1. The topological polar surface area (TPSA) is 50.4 Å². The molecule has 4 heteroatoms. The Morgan fingerprint density at radius 3 is 2.55 bits per heavy atom. The maximum Gasteiger partial charge on any atom is 0.336 e. The Hall–Kier alpha value is -2.20. The normalized spacial score (nSPS) is 11.0. The molecule has 0 saturated carbocycles. The van der Waals surface area contributed by atoms with Crippen LogP contribution in [0.3, 0.4) is 0 Å². The van der Waals surface area contributed by atoms with Crippen molar-refractivity contribution in [1.82, 2.24) is 0 Å². The summed E-state index contributed by atoms with van der Waals surface area (Å²) in [6, 6.07) is 13.3. The average molecular weight is 312 g/mol. The quantitative estimate of drug-likeness (QED) is 0.575. The van der Waals surface area contributed by atoms with E-state index in [2.05, 4.69) is 31.2 Å². The Labute approximate surface area is 132 Å². The SMILES string of the molecule is Cc1ccc(SCc2cc(=O)oc3c(C)c(O)ccc23)cc1. The predicted octanol–water partition coefficient (Wildman–Crippen LogP) is 4.41. The Kier molecular flexibility index (Phi) is 3.94. The molecule has 1 N–H and O–H groups in total. The number of aromatic hydroxyl groups is 1. The van der Waals surface area contributed by atoms with Gasteiger partial charge in [-0.1, -0.05) is 17.7 Å². The minimum Gasteiger partial charge on any atom is -0.508 e. The summed E-state index contributed by atoms with van der Waals surface area (Å²) < 4.78 is 5.26. The highest BCUT2D eigenvalue weighted by Gasteiger charge is 2.11. The van der Waals surface area contributed by atoms with E-state index in [0.29, 0.717) is 16.9 Å². The first-order valence-corrected chi connectivity index (χ1v) is 7.98. The molecule has 3 rings (SSSR count). The maximum atomic E-state index is 11.8. The Morgan fingerprint density at radius 2 is 1.82 bits per heavy atom. The Bertz CT molecular complexity index is 879. The maximum absolute atomic E-state index is 11.8. The fourth-order valence-electron chi connectivity index (χ4n) is 2.33. The zero-order valence-corrected chi connectivity index (χ0v) is 13.2. The molecule has 0 bridgehead atoms. The van der Waals surface area contributed by atoms with E-state index in [1.165, 1.54) is 11.6 Å². The number of hydrogen-bond acceptors (Lipinski definition) is 4. The van der Waals surface area contributed by atoms with Gasteiger partial charge in [0.15, 0.2) is 0 Å². The molecule has 0 saturated heterocycles. The van der Waals surface area contributed by atoms with E-state index in [9.17, 15) is 9.90 Å². The van der Waals surface area contributed by atoms with E-state index in [1.54, 1.807) is 30.8 Å². The molecule has 0 amide bonds. The summed E-state index contributed by atoms with van der Waals surface area (Å²) in [5.74, 6) is 0.814. The summed E-state index contributed by atoms with van der Waals surface area (Å²) in [5, 5.41) is 10.6. The zero-order chi connectivity index (χ0) is 15.7. The van der Waals surface area contributed by atoms with Crippen LogP contribution in [0.1, 0.15) is 16.7 Å². The third-order valence-corrected chi connectivity index (χ3v) is 4.69. The Morgan fingerprint density at radius 1 is 1.09 bits per heavy atom. The fraction of sp³-hybridized carbons (Fsp3) is 0.167. The molecule has 0 unspecified atom stereocenters. The summed E-state index contributed by atoms with van der Waals surface area (Å²) in [7, 11) is 0. The molecular weight excluding hydrogens is 296 g/mol. The van der Waals surface area contributed by atoms with E-state index >= 15 is 0 Å². The van der Waals surface area contributed by atoms with E-state index in [0.717, 1.165) is 15.8 Å². The van der Waals surface area contributed by atoms with Gasteiger partial charge in [0.05, 0.1) is 0 Å². The number of rotatable bonds is 3. The molecule has 2 aromatic carbocycles. The number of aryl methyl sites for hydroxylation is 2. The van der Waals surface area contributed by atoms with Crippen LogP contribution in [0.25, 0.3) is 11.0 Å². The molecule has 3 aromatic rings. The van der Waals surface area contributed by atoms with Gasteiger partial charge in [-0.05, 0) is 43.7 Å². The fourth-order valence-corrected chi connectivity index (χ4v) is 3.22. The van der Waals surface area contributed by atoms with Gasteiger partial charge in [0.1, 0.15) is 11.3 Å². The number of benzene rings is 2. The molecule has 0 atom stereocenters. The monoisotopic (exact) mass is 312 g/mol. The van der Waals surface area contributed by atoms with Gasteiger partial charge in [-0.2, -0.15) is 0 Å². The average Bonchev–Trinajstić information content (AvgIpc) is 2.50. The molecule has 22 heavy (non-hydrogen) atoms. The number of phenolic OH excluding ortho intramolecular Hbond substituents is 1. The largest absolute Gasteiger partial charge is 0.508 e. The standard InChI is InChI=1S/C18H16O3S/c1-11-3-5-14(6-4-11)22-10-13-9-17(20)21-18-12(2)16(19)8-7-15(13)18/h3-9,19H,10H2,1-2H3. The van der Waals surface area contributed by atoms with Crippen LogP contribution < -0.4 is 5.63 Å². The smallest absolute Gasteiger partial charge is 0.336 e. The summed E-state index contributed by atoms with van der Waals surface area (Å²) in [6.07, 6.45) is 0. The third kappa shape index (κ3) is 2.88. The van der Waals surface area contributed by atoms with Crippen molar-refractivity contribution in [3.63, 3.8) is 0 Å². The summed E-state index contributed by atoms with van der Waals surface area (Å²) in [4.78, 5) is 12.9. The van der Waals surface area contributed by atoms with Crippen molar-refractivity contribution >= 4 is 22.7 Å². The number of hydrogen-bond donors (Lipinski definition) is 1. The molecule has 1 heterocycles. The Balaban J connectivity index is 1.98. The zero-order valence-electron chi connectivity index (χ0n) is 12.4. The van der Waals surface area contributed by atoms with Gasteiger partial charge >= 0.3 is 5.63 Å². The predicted molar refractivity (Wildman–Crippen MR) is 89.6 cm³/mol. The van der Waals surface area contributed by atoms with Gasteiger partial charge in [0.25, 0.3) is 0 Å². The highest BCUT2D eigenvalue weighted by Crippen LogP contribution is 2.30. The van der Waals surface area contributed by atoms with Gasteiger partial charge in [0, 0.05) is 27.7 Å². The molecule has 0 aliphatic heterocycles. The van der Waals surface area contributed by atoms with Gasteiger partial charge in [-0.25, -0.2) is 4.79 Å². The minimum absolute atomic E-state index is 0.138. The lowest BCUT2D eigenvalue weighted by Gasteiger charge is -2.08. The van der Waals surface area contributed by atoms with Crippen molar-refractivity contribution in [3.05, 3.63) is 69.6 Å². The molecule has 0 spiro atoms. The van der Waals surface area contributed by atoms with E-state index in [-0.39, 0.29) is 11.4 Å². The highest BCUT2D eigenvalue weighted by molar-refractivity contribution is 7.98. The van der Waals surface area contributed by atoms with Crippen LogP contribution in [0.15, 0.2) is 56.6 Å². The van der Waals surface area contributed by atoms with Crippen molar-refractivity contribution in [2.45, 2.75) is 24.5 Å². The molecule has 0 radical (unpaired) electrons. The van der Waals surface area contributed by atoms with Crippen LogP contribution in [0.5, 0.6) is 5.75 Å². The molecule has 3 nitrogen and oxygen atoms in total. The lowest BCUT2D eigenvalue weighted by Crippen LogP contribution is -2.01. The lowest BCUT2D eigenvalue weighted by molar-refractivity contribution is 0.468. The van der Waals surface area contributed by atoms with E-state index in [1.807, 2.05) is 0 Å². The molecule has 0 aliphatic rings. The van der Waals surface area contributed by atoms with Gasteiger partial charge in [0.2, 0.25) is 0 Å². The molecular formula is C18H16O3S. The number of fused-ring (bicyclic) bond motifs is 1. The van der Waals surface area contributed by atoms with Crippen LogP contribution in [0.4, 0.5) is 0 Å². The van der Waals surface area contributed by atoms with Crippen molar-refractivity contribution < 1.29 is 9.52 Å². The van der Waals surface area contributed by atoms with Crippen molar-refractivity contribution in [2.75, 3.05) is 0 Å². The summed E-state index contributed by atoms with van der Waals surface area (Å²) in [5.41, 5.74) is 2.81. The second-order valence-electron chi connectivity index (χ2n) is 5.28. The van der Waals surface area contributed by atoms with Crippen molar-refractivity contribution in [2.24, 2.45) is 0 Å². The van der Waals surface area contributed by atoms with E-state index < -0.39 is 0 Å². The second kappa shape index (κ2) is 5.89. The first kappa shape index (κ1) is 14.7. The number of thioether (sulfide) groups is 1. The third-order valence-electron chi connectivity index (χ3n) is 3.63. The van der Waals surface area contributed by atoms with Crippen molar-refractivity contribution in [1.29, 1.82) is 0 Å². The summed E-state index contributed by atoms with van der Waals surface area (Å²) in [6.45, 7) is 3.80. The van der Waals surface area contributed by atoms with Gasteiger partial charge in [-0.3, -0.25) is 0 Å². The minimum atomic E-state index is -0.388. The van der Waals surface area contributed by atoms with Crippen LogP contribution in [0, 0.1) is 13.8 Å². The van der Waals surface area contributed by atoms with E-state index in [4.69, 9.17) is 4.42 Å². The second-order valence-corrected chi connectivity index (χ2v) is 6.33. The first-order chi connectivity index (χ1) is 10.5. The van der Waals surface area contributed by atoms with Crippen molar-refractivity contribution in [3.8, 4) is 5.75 Å². The van der Waals surface area contributed by atoms with Crippen LogP contribution >= 0.6 is 11.8 Å². The van der Waals surface area contributed by atoms with Gasteiger partial charge in [-0.15, -0.1) is 11.8 Å². The molecule has 112 valence electrons. The summed E-state index contributed by atoms with van der Waals surface area (Å²) >= 11 is 1.67. The van der Waals surface area contributed by atoms with Crippen LogP contribution in [-0.2, 0) is 5.75 Å². The first-order valence-electron chi connectivity index (χ1n) is 6.99. The molecule has 1 aromatic heterocycles. The lowest BCUT2D eigenvalue weighted by atomic mass is 10.1. The van der Waals surface area contributed by atoms with Crippen LogP contribution in [0.2, 0.25) is 0 Å². The van der Waals surface area contributed by atoms with Crippen LogP contribution in [-0.4, -0.2) is 5.11 Å². The molecule has 0 aliphatic carbocycles. The van der Waals surface area contributed by atoms with Gasteiger partial charge < -0.3 is 9.52 Å². The highest BCUT2D eigenvalue weighted by atomic mass is 32.2.